The smallest absolute Gasteiger partial charge is 0.328 e. The molecular weight excluding hydrogens is 504 g/mol. The van der Waals surface area contributed by atoms with Crippen molar-refractivity contribution in [3.05, 3.63) is 83.7 Å². The van der Waals surface area contributed by atoms with E-state index in [0.717, 1.165) is 11.1 Å². The van der Waals surface area contributed by atoms with Crippen molar-refractivity contribution >= 4 is 17.8 Å². The largest absolute Gasteiger partial charge is 0.493 e. The summed E-state index contributed by atoms with van der Waals surface area (Å²) in [6.45, 7) is 5.97. The molecule has 10 heteroatoms. The zero-order valence-corrected chi connectivity index (χ0v) is 22.5. The number of benzene rings is 2. The number of hydrogen-bond acceptors (Lipinski definition) is 9. The Morgan fingerprint density at radius 1 is 0.974 bits per heavy atom. The molecule has 3 rings (SSSR count). The van der Waals surface area contributed by atoms with Crippen LogP contribution in [0.25, 0.3) is 0 Å². The number of nitrogens with one attached hydrogen (secondary N) is 1. The van der Waals surface area contributed by atoms with Gasteiger partial charge in [-0.3, -0.25) is 9.59 Å². The van der Waals surface area contributed by atoms with E-state index in [9.17, 15) is 14.4 Å². The SMILES string of the molecule is COc1ccnc(C(=O)N[C@@H](C)C(=O)OC(C)C(Oc2ccccc2)c2ccc(C)cc2)c1OCOC(C)=O. The van der Waals surface area contributed by atoms with Crippen LogP contribution < -0.4 is 19.5 Å². The van der Waals surface area contributed by atoms with Crippen molar-refractivity contribution in [2.24, 2.45) is 0 Å². The van der Waals surface area contributed by atoms with Gasteiger partial charge in [0.15, 0.2) is 23.3 Å². The van der Waals surface area contributed by atoms with E-state index in [1.165, 1.54) is 33.2 Å². The molecule has 0 spiro atoms. The van der Waals surface area contributed by atoms with Gasteiger partial charge >= 0.3 is 11.9 Å². The van der Waals surface area contributed by atoms with E-state index >= 15 is 0 Å². The van der Waals surface area contributed by atoms with Gasteiger partial charge in [0.25, 0.3) is 5.91 Å². The number of hydrogen-bond donors (Lipinski definition) is 1. The minimum absolute atomic E-state index is 0.0385. The van der Waals surface area contributed by atoms with Gasteiger partial charge in [0, 0.05) is 19.2 Å². The lowest BCUT2D eigenvalue weighted by molar-refractivity contribution is -0.155. The predicted octanol–water partition coefficient (Wildman–Crippen LogP) is 4.17. The number of aryl methyl sites for hydroxylation is 1. The second-order valence-corrected chi connectivity index (χ2v) is 8.69. The van der Waals surface area contributed by atoms with Gasteiger partial charge in [-0.15, -0.1) is 0 Å². The van der Waals surface area contributed by atoms with Gasteiger partial charge in [0.2, 0.25) is 6.79 Å². The minimum Gasteiger partial charge on any atom is -0.493 e. The summed E-state index contributed by atoms with van der Waals surface area (Å²) in [5.74, 6) is -1.16. The molecule has 1 aromatic heterocycles. The van der Waals surface area contributed by atoms with Crippen LogP contribution in [0.2, 0.25) is 0 Å². The van der Waals surface area contributed by atoms with Gasteiger partial charge in [-0.1, -0.05) is 48.0 Å². The standard InChI is InChI=1S/C29H32N2O8/c1-18-11-13-22(14-12-18)26(39-23-9-7-6-8-10-23)20(3)38-29(34)19(2)31-28(33)25-27(37-17-36-21(4)32)24(35-5)15-16-30-25/h6-16,19-20,26H,17H2,1-5H3,(H,31,33)/t19-,20?,26?/m0/s1. The predicted molar refractivity (Wildman–Crippen MR) is 142 cm³/mol. The molecule has 206 valence electrons. The summed E-state index contributed by atoms with van der Waals surface area (Å²) in [6.07, 6.45) is 0.0587. The summed E-state index contributed by atoms with van der Waals surface area (Å²) in [5.41, 5.74) is 1.76. The Balaban J connectivity index is 1.72. The Hall–Kier alpha value is -4.60. The van der Waals surface area contributed by atoms with Crippen LogP contribution in [0.3, 0.4) is 0 Å². The van der Waals surface area contributed by atoms with Crippen LogP contribution in [-0.4, -0.2) is 48.9 Å². The van der Waals surface area contributed by atoms with Gasteiger partial charge in [0.05, 0.1) is 7.11 Å². The van der Waals surface area contributed by atoms with E-state index in [-0.39, 0.29) is 17.2 Å². The summed E-state index contributed by atoms with van der Waals surface area (Å²) in [5, 5.41) is 2.57. The lowest BCUT2D eigenvalue weighted by atomic mass is 10.0. The maximum absolute atomic E-state index is 13.0. The highest BCUT2D eigenvalue weighted by Crippen LogP contribution is 2.30. The molecule has 3 atom stereocenters. The highest BCUT2D eigenvalue weighted by atomic mass is 16.7. The average Bonchev–Trinajstić information content (AvgIpc) is 2.92. The number of esters is 2. The topological polar surface area (TPSA) is 122 Å². The number of methoxy groups -OCH3 is 1. The van der Waals surface area contributed by atoms with Crippen molar-refractivity contribution in [1.29, 1.82) is 0 Å². The first kappa shape index (κ1) is 29.0. The molecule has 1 N–H and O–H groups in total. The molecule has 0 bridgehead atoms. The quantitative estimate of drug-likeness (QED) is 0.268. The van der Waals surface area contributed by atoms with Gasteiger partial charge in [-0.05, 0) is 38.5 Å². The fourth-order valence-corrected chi connectivity index (χ4v) is 3.57. The van der Waals surface area contributed by atoms with Crippen LogP contribution in [0.15, 0.2) is 66.9 Å². The number of amides is 1. The van der Waals surface area contributed by atoms with Crippen LogP contribution in [0.4, 0.5) is 0 Å². The molecule has 1 heterocycles. The lowest BCUT2D eigenvalue weighted by Crippen LogP contribution is -2.42. The van der Waals surface area contributed by atoms with Crippen molar-refractivity contribution in [2.75, 3.05) is 13.9 Å². The first-order valence-electron chi connectivity index (χ1n) is 12.3. The summed E-state index contributed by atoms with van der Waals surface area (Å²) in [6, 6.07) is 17.4. The Kier molecular flexibility index (Phi) is 10.3. The molecule has 2 unspecified atom stereocenters. The Morgan fingerprint density at radius 2 is 1.67 bits per heavy atom. The number of nitrogens with zero attached hydrogens (tertiary/aromatic N) is 1. The van der Waals surface area contributed by atoms with Gasteiger partial charge in [0.1, 0.15) is 17.9 Å². The summed E-state index contributed by atoms with van der Waals surface area (Å²) in [4.78, 5) is 41.1. The lowest BCUT2D eigenvalue weighted by Gasteiger charge is -2.27. The molecule has 0 aliphatic rings. The molecule has 0 radical (unpaired) electrons. The van der Waals surface area contributed by atoms with E-state index in [0.29, 0.717) is 5.75 Å². The Bertz CT molecular complexity index is 1260. The van der Waals surface area contributed by atoms with Crippen molar-refractivity contribution in [3.63, 3.8) is 0 Å². The first-order valence-corrected chi connectivity index (χ1v) is 12.3. The molecule has 0 saturated heterocycles. The van der Waals surface area contributed by atoms with E-state index in [2.05, 4.69) is 10.3 Å². The molecule has 0 fully saturated rings. The van der Waals surface area contributed by atoms with E-state index < -0.39 is 42.9 Å². The van der Waals surface area contributed by atoms with E-state index in [4.69, 9.17) is 23.7 Å². The highest BCUT2D eigenvalue weighted by molar-refractivity contribution is 5.98. The number of rotatable bonds is 12. The van der Waals surface area contributed by atoms with E-state index in [1.807, 2.05) is 61.5 Å². The van der Waals surface area contributed by atoms with Crippen molar-refractivity contribution in [3.8, 4) is 17.2 Å². The first-order chi connectivity index (χ1) is 18.7. The Labute approximate surface area is 227 Å². The van der Waals surface area contributed by atoms with Crippen molar-refractivity contribution < 1.29 is 38.1 Å². The fraction of sp³-hybridized carbons (Fsp3) is 0.310. The normalized spacial score (nSPS) is 12.8. The third-order valence-corrected chi connectivity index (χ3v) is 5.61. The average molecular weight is 537 g/mol. The molecule has 0 saturated carbocycles. The van der Waals surface area contributed by atoms with Gasteiger partial charge < -0.3 is 29.0 Å². The summed E-state index contributed by atoms with van der Waals surface area (Å²) < 4.78 is 27.4. The molecule has 3 aromatic rings. The molecular formula is C29H32N2O8. The molecule has 39 heavy (non-hydrogen) atoms. The number of carbonyl (C=O) groups excluding carboxylic acids is 3. The van der Waals surface area contributed by atoms with Crippen LogP contribution in [0, 0.1) is 6.92 Å². The number of ether oxygens (including phenoxy) is 5. The van der Waals surface area contributed by atoms with E-state index in [1.54, 1.807) is 6.92 Å². The van der Waals surface area contributed by atoms with Crippen molar-refractivity contribution in [1.82, 2.24) is 10.3 Å². The number of carbonyl (C=O) groups is 3. The number of pyridine rings is 1. The van der Waals surface area contributed by atoms with Crippen molar-refractivity contribution in [2.45, 2.75) is 45.9 Å². The molecule has 0 aliphatic carbocycles. The number of aromatic nitrogens is 1. The second kappa shape index (κ2) is 13.8. The van der Waals surface area contributed by atoms with Gasteiger partial charge in [-0.2, -0.15) is 0 Å². The molecule has 0 aliphatic heterocycles. The minimum atomic E-state index is -1.04. The Morgan fingerprint density at radius 3 is 2.31 bits per heavy atom. The zero-order valence-electron chi connectivity index (χ0n) is 22.5. The number of para-hydroxylation sites is 1. The maximum Gasteiger partial charge on any atom is 0.328 e. The van der Waals surface area contributed by atoms with Gasteiger partial charge in [-0.25, -0.2) is 9.78 Å². The fourth-order valence-electron chi connectivity index (χ4n) is 3.57. The monoisotopic (exact) mass is 536 g/mol. The third kappa shape index (κ3) is 8.19. The van der Waals surface area contributed by atoms with Crippen LogP contribution in [0.1, 0.15) is 48.5 Å². The molecule has 2 aromatic carbocycles. The molecule has 1 amide bonds. The molecule has 10 nitrogen and oxygen atoms in total. The maximum atomic E-state index is 13.0. The van der Waals surface area contributed by atoms with Crippen LogP contribution >= 0.6 is 0 Å². The highest BCUT2D eigenvalue weighted by Gasteiger charge is 2.29. The zero-order chi connectivity index (χ0) is 28.4. The second-order valence-electron chi connectivity index (χ2n) is 8.69. The van der Waals surface area contributed by atoms with Crippen LogP contribution in [0.5, 0.6) is 17.2 Å². The summed E-state index contributed by atoms with van der Waals surface area (Å²) in [7, 11) is 1.39. The summed E-state index contributed by atoms with van der Waals surface area (Å²) >= 11 is 0. The third-order valence-electron chi connectivity index (χ3n) is 5.61. The van der Waals surface area contributed by atoms with Crippen LogP contribution in [-0.2, 0) is 19.1 Å².